The highest BCUT2D eigenvalue weighted by Gasteiger charge is 2.60. The summed E-state index contributed by atoms with van der Waals surface area (Å²) >= 11 is 0. The first-order valence-electron chi connectivity index (χ1n) is 9.13. The summed E-state index contributed by atoms with van der Waals surface area (Å²) in [4.78, 5) is 0. The predicted octanol–water partition coefficient (Wildman–Crippen LogP) is 5.60. The molecule has 1 aliphatic rings. The van der Waals surface area contributed by atoms with Crippen LogP contribution in [0.2, 0.25) is 48.9 Å². The highest BCUT2D eigenvalue weighted by molar-refractivity contribution is 6.94. The van der Waals surface area contributed by atoms with Crippen molar-refractivity contribution in [3.63, 3.8) is 0 Å². The lowest BCUT2D eigenvalue weighted by Gasteiger charge is -2.54. The van der Waals surface area contributed by atoms with E-state index in [2.05, 4.69) is 68.1 Å². The summed E-state index contributed by atoms with van der Waals surface area (Å²) in [5, 5.41) is 0.00282. The Balaban J connectivity index is 3.44. The molecule has 138 valence electrons. The van der Waals surface area contributed by atoms with E-state index in [1.54, 1.807) is 0 Å². The molecule has 2 atom stereocenters. The average Bonchev–Trinajstić information content (AvgIpc) is 2.42. The van der Waals surface area contributed by atoms with Crippen molar-refractivity contribution in [3.05, 3.63) is 0 Å². The molecule has 1 rings (SSSR count). The monoisotopic (exact) mass is 394 g/mol. The molecule has 0 spiro atoms. The van der Waals surface area contributed by atoms with Gasteiger partial charge in [0.2, 0.25) is 0 Å². The van der Waals surface area contributed by atoms with Gasteiger partial charge in [-0.15, -0.1) is 0 Å². The molecule has 1 fully saturated rings. The van der Waals surface area contributed by atoms with Crippen molar-refractivity contribution in [1.29, 1.82) is 0 Å². The normalized spacial score (nSPS) is 34.7. The Morgan fingerprint density at radius 2 is 1.17 bits per heavy atom. The van der Waals surface area contributed by atoms with Crippen LogP contribution in [0.4, 0.5) is 0 Å². The lowest BCUT2D eigenvalue weighted by atomic mass is 10.2. The Labute approximate surface area is 148 Å². The van der Waals surface area contributed by atoms with E-state index < -0.39 is 34.2 Å². The van der Waals surface area contributed by atoms with Crippen LogP contribution >= 0.6 is 0 Å². The zero-order valence-corrected chi connectivity index (χ0v) is 21.0. The number of hydrogen-bond donors (Lipinski definition) is 0. The molecule has 0 aromatic heterocycles. The van der Waals surface area contributed by atoms with Gasteiger partial charge in [-0.2, -0.15) is 0 Å². The van der Waals surface area contributed by atoms with Crippen LogP contribution in [0.3, 0.4) is 0 Å². The SMILES string of the molecule is CC[Si]1(C)O[Si](C)(C)O[Si](CC)(C(C)(C)C)O[Si](CC)(CC)O1. The summed E-state index contributed by atoms with van der Waals surface area (Å²) < 4.78 is 27.4. The Hall–Kier alpha value is 0.708. The summed E-state index contributed by atoms with van der Waals surface area (Å²) in [5.74, 6) is 0. The minimum atomic E-state index is -2.43. The predicted molar refractivity (Wildman–Crippen MR) is 107 cm³/mol. The third kappa shape index (κ3) is 4.66. The van der Waals surface area contributed by atoms with Crippen LogP contribution in [0.15, 0.2) is 0 Å². The van der Waals surface area contributed by atoms with Crippen molar-refractivity contribution < 1.29 is 16.5 Å². The molecular weight excluding hydrogens is 357 g/mol. The van der Waals surface area contributed by atoms with Crippen LogP contribution in [-0.4, -0.2) is 34.2 Å². The van der Waals surface area contributed by atoms with Gasteiger partial charge in [0, 0.05) is 5.04 Å². The topological polar surface area (TPSA) is 36.9 Å². The van der Waals surface area contributed by atoms with Crippen molar-refractivity contribution in [1.82, 2.24) is 0 Å². The Kier molecular flexibility index (Phi) is 6.75. The van der Waals surface area contributed by atoms with Crippen molar-refractivity contribution in [2.45, 2.75) is 97.3 Å². The van der Waals surface area contributed by atoms with E-state index in [9.17, 15) is 0 Å². The fourth-order valence-electron chi connectivity index (χ4n) is 3.36. The standard InChI is InChI=1S/C15H38O4Si4/c1-11-21(10)16-20(8,9)17-23(14-4,15(5,6)7)19-22(12-2,13-3)18-21/h11-14H2,1-10H3. The van der Waals surface area contributed by atoms with Gasteiger partial charge < -0.3 is 16.5 Å². The molecule has 4 nitrogen and oxygen atoms in total. The van der Waals surface area contributed by atoms with Crippen LogP contribution < -0.4 is 0 Å². The number of rotatable bonds is 4. The minimum Gasteiger partial charge on any atom is -0.416 e. The third-order valence-corrected chi connectivity index (χ3v) is 24.6. The number of hydrogen-bond acceptors (Lipinski definition) is 4. The largest absolute Gasteiger partial charge is 0.416 e. The molecule has 2 unspecified atom stereocenters. The summed E-state index contributed by atoms with van der Waals surface area (Å²) in [5.41, 5.74) is 0. The van der Waals surface area contributed by atoms with E-state index in [-0.39, 0.29) is 5.04 Å². The third-order valence-electron chi connectivity index (χ3n) is 4.95. The Bertz CT molecular complexity index is 409. The van der Waals surface area contributed by atoms with E-state index in [1.807, 2.05) is 0 Å². The molecule has 0 aliphatic carbocycles. The van der Waals surface area contributed by atoms with Crippen molar-refractivity contribution in [2.75, 3.05) is 0 Å². The molecular formula is C15H38O4Si4. The highest BCUT2D eigenvalue weighted by atomic mass is 28.5. The van der Waals surface area contributed by atoms with Gasteiger partial charge in [0.05, 0.1) is 0 Å². The molecule has 0 radical (unpaired) electrons. The van der Waals surface area contributed by atoms with Gasteiger partial charge in [-0.05, 0) is 43.8 Å². The summed E-state index contributed by atoms with van der Waals surface area (Å²) in [6.45, 7) is 22.1. The molecule has 1 aliphatic heterocycles. The second-order valence-corrected chi connectivity index (χ2v) is 24.3. The maximum atomic E-state index is 7.03. The fraction of sp³-hybridized carbons (Fsp3) is 1.00. The maximum Gasteiger partial charge on any atom is 0.325 e. The lowest BCUT2D eigenvalue weighted by molar-refractivity contribution is 0.206. The van der Waals surface area contributed by atoms with Crippen molar-refractivity contribution in [2.24, 2.45) is 0 Å². The van der Waals surface area contributed by atoms with Crippen molar-refractivity contribution >= 4 is 34.2 Å². The van der Waals surface area contributed by atoms with Crippen LogP contribution in [-0.2, 0) is 16.5 Å². The molecule has 0 aromatic carbocycles. The van der Waals surface area contributed by atoms with Crippen molar-refractivity contribution in [3.8, 4) is 0 Å². The first-order valence-corrected chi connectivity index (χ1v) is 18.7. The van der Waals surface area contributed by atoms with Crippen LogP contribution in [0, 0.1) is 0 Å². The first-order chi connectivity index (χ1) is 10.3. The molecule has 1 saturated heterocycles. The second-order valence-electron chi connectivity index (χ2n) is 8.27. The Morgan fingerprint density at radius 1 is 0.652 bits per heavy atom. The highest BCUT2D eigenvalue weighted by Crippen LogP contribution is 2.47. The summed E-state index contributed by atoms with van der Waals surface area (Å²) in [7, 11) is -9.27. The second kappa shape index (κ2) is 7.14. The molecule has 0 bridgehead atoms. The van der Waals surface area contributed by atoms with E-state index in [4.69, 9.17) is 16.5 Å². The van der Waals surface area contributed by atoms with Gasteiger partial charge in [-0.3, -0.25) is 0 Å². The molecule has 0 saturated carbocycles. The molecule has 1 heterocycles. The van der Waals surface area contributed by atoms with Crippen LogP contribution in [0.25, 0.3) is 0 Å². The van der Waals surface area contributed by atoms with Gasteiger partial charge in [0.25, 0.3) is 0 Å². The molecule has 0 amide bonds. The molecule has 0 N–H and O–H groups in total. The maximum absolute atomic E-state index is 7.03. The average molecular weight is 395 g/mol. The van der Waals surface area contributed by atoms with E-state index in [0.29, 0.717) is 0 Å². The Morgan fingerprint density at radius 3 is 1.52 bits per heavy atom. The van der Waals surface area contributed by atoms with Gasteiger partial charge in [0.1, 0.15) is 0 Å². The molecule has 0 aromatic rings. The quantitative estimate of drug-likeness (QED) is 0.581. The minimum absolute atomic E-state index is 0.00282. The summed E-state index contributed by atoms with van der Waals surface area (Å²) in [6, 6.07) is 3.82. The van der Waals surface area contributed by atoms with E-state index in [1.165, 1.54) is 0 Å². The molecule has 23 heavy (non-hydrogen) atoms. The zero-order chi connectivity index (χ0) is 18.2. The van der Waals surface area contributed by atoms with E-state index in [0.717, 1.165) is 24.2 Å². The van der Waals surface area contributed by atoms with Crippen LogP contribution in [0.5, 0.6) is 0 Å². The van der Waals surface area contributed by atoms with E-state index >= 15 is 0 Å². The van der Waals surface area contributed by atoms with Gasteiger partial charge in [-0.1, -0.05) is 48.5 Å². The van der Waals surface area contributed by atoms with Gasteiger partial charge >= 0.3 is 34.2 Å². The summed E-state index contributed by atoms with van der Waals surface area (Å²) in [6.07, 6.45) is 0. The van der Waals surface area contributed by atoms with Gasteiger partial charge in [-0.25, -0.2) is 0 Å². The first kappa shape index (κ1) is 21.7. The molecule has 8 heteroatoms. The smallest absolute Gasteiger partial charge is 0.325 e. The van der Waals surface area contributed by atoms with Crippen LogP contribution in [0.1, 0.15) is 48.5 Å². The zero-order valence-electron chi connectivity index (χ0n) is 17.0. The lowest BCUT2D eigenvalue weighted by Crippen LogP contribution is -2.69. The van der Waals surface area contributed by atoms with Gasteiger partial charge in [0.15, 0.2) is 0 Å². The fourth-order valence-corrected chi connectivity index (χ4v) is 27.0.